The molecule has 2 aromatic rings. The second-order valence-corrected chi connectivity index (χ2v) is 6.42. The molecule has 0 heterocycles. The van der Waals surface area contributed by atoms with Crippen molar-refractivity contribution in [2.45, 2.75) is 19.9 Å². The molecule has 0 aliphatic rings. The van der Waals surface area contributed by atoms with Crippen LogP contribution in [-0.2, 0) is 0 Å². The zero-order valence-electron chi connectivity index (χ0n) is 15.8. The molecule has 6 heteroatoms. The van der Waals surface area contributed by atoms with Crippen molar-refractivity contribution < 1.29 is 14.3 Å². The van der Waals surface area contributed by atoms with Crippen LogP contribution in [0.4, 0.5) is 15.3 Å². The van der Waals surface area contributed by atoms with Gasteiger partial charge in [0.1, 0.15) is 5.75 Å². The molecule has 0 aliphatic carbocycles. The summed E-state index contributed by atoms with van der Waals surface area (Å²) in [5.41, 5.74) is 2.76. The summed E-state index contributed by atoms with van der Waals surface area (Å²) in [7, 11) is 5.01. The fourth-order valence-corrected chi connectivity index (χ4v) is 2.27. The van der Waals surface area contributed by atoms with E-state index < -0.39 is 6.09 Å². The molecule has 1 N–H and O–H groups in total. The van der Waals surface area contributed by atoms with Gasteiger partial charge in [0, 0.05) is 32.9 Å². The van der Waals surface area contributed by atoms with Crippen LogP contribution in [0.3, 0.4) is 0 Å². The third kappa shape index (κ3) is 4.99. The SMILES string of the molecule is Cc1ccc(C(C)N(C)C(=O)Oc2cccc(NC(=O)N(C)C)c2)cc1. The first-order chi connectivity index (χ1) is 12.3. The first-order valence-electron chi connectivity index (χ1n) is 8.37. The number of carbonyl (C=O) groups excluding carboxylic acids is 2. The molecule has 1 unspecified atom stereocenters. The highest BCUT2D eigenvalue weighted by atomic mass is 16.6. The molecule has 26 heavy (non-hydrogen) atoms. The maximum absolute atomic E-state index is 12.4. The number of rotatable bonds is 4. The van der Waals surface area contributed by atoms with Gasteiger partial charge < -0.3 is 19.9 Å². The number of ether oxygens (including phenoxy) is 1. The van der Waals surface area contributed by atoms with Crippen LogP contribution in [0.25, 0.3) is 0 Å². The number of hydrogen-bond donors (Lipinski definition) is 1. The van der Waals surface area contributed by atoms with Crippen molar-refractivity contribution in [1.29, 1.82) is 0 Å². The van der Waals surface area contributed by atoms with Gasteiger partial charge in [-0.25, -0.2) is 9.59 Å². The van der Waals surface area contributed by atoms with Gasteiger partial charge in [-0.3, -0.25) is 0 Å². The molecule has 2 aromatic carbocycles. The minimum absolute atomic E-state index is 0.125. The Kier molecular flexibility index (Phi) is 6.22. The topological polar surface area (TPSA) is 61.9 Å². The van der Waals surface area contributed by atoms with Crippen LogP contribution in [0.15, 0.2) is 48.5 Å². The van der Waals surface area contributed by atoms with Crippen molar-refractivity contribution in [2.75, 3.05) is 26.5 Å². The van der Waals surface area contributed by atoms with Gasteiger partial charge >= 0.3 is 12.1 Å². The summed E-state index contributed by atoms with van der Waals surface area (Å²) in [4.78, 5) is 27.1. The van der Waals surface area contributed by atoms with Crippen LogP contribution in [0.2, 0.25) is 0 Å². The number of benzene rings is 2. The van der Waals surface area contributed by atoms with Gasteiger partial charge in [-0.15, -0.1) is 0 Å². The highest BCUT2D eigenvalue weighted by Gasteiger charge is 2.19. The molecule has 0 bridgehead atoms. The number of carbonyl (C=O) groups is 2. The Labute approximate surface area is 154 Å². The van der Waals surface area contributed by atoms with E-state index in [2.05, 4.69) is 5.32 Å². The summed E-state index contributed by atoms with van der Waals surface area (Å²) in [5.74, 6) is 0.370. The zero-order valence-corrected chi connectivity index (χ0v) is 15.8. The summed E-state index contributed by atoms with van der Waals surface area (Å²) in [5, 5.41) is 2.72. The van der Waals surface area contributed by atoms with Gasteiger partial charge in [-0.1, -0.05) is 35.9 Å². The highest BCUT2D eigenvalue weighted by molar-refractivity contribution is 5.89. The molecule has 138 valence electrons. The fourth-order valence-electron chi connectivity index (χ4n) is 2.27. The Morgan fingerprint density at radius 3 is 2.31 bits per heavy atom. The number of hydrogen-bond acceptors (Lipinski definition) is 3. The first-order valence-corrected chi connectivity index (χ1v) is 8.37. The minimum Gasteiger partial charge on any atom is -0.410 e. The van der Waals surface area contributed by atoms with Crippen molar-refractivity contribution in [1.82, 2.24) is 9.80 Å². The van der Waals surface area contributed by atoms with Gasteiger partial charge in [-0.05, 0) is 31.5 Å². The van der Waals surface area contributed by atoms with Gasteiger partial charge in [0.25, 0.3) is 0 Å². The van der Waals surface area contributed by atoms with Crippen LogP contribution in [-0.4, -0.2) is 43.1 Å². The predicted octanol–water partition coefficient (Wildman–Crippen LogP) is 4.28. The van der Waals surface area contributed by atoms with Gasteiger partial charge in [0.2, 0.25) is 0 Å². The quantitative estimate of drug-likeness (QED) is 0.890. The molecular formula is C20H25N3O3. The average Bonchev–Trinajstić information content (AvgIpc) is 2.61. The third-order valence-corrected chi connectivity index (χ3v) is 4.13. The van der Waals surface area contributed by atoms with Crippen LogP contribution >= 0.6 is 0 Å². The van der Waals surface area contributed by atoms with Gasteiger partial charge in [-0.2, -0.15) is 0 Å². The summed E-state index contributed by atoms with van der Waals surface area (Å²) >= 11 is 0. The Bertz CT molecular complexity index is 772. The number of nitrogens with zero attached hydrogens (tertiary/aromatic N) is 2. The second kappa shape index (κ2) is 8.38. The lowest BCUT2D eigenvalue weighted by molar-refractivity contribution is 0.149. The normalized spacial score (nSPS) is 11.4. The molecular weight excluding hydrogens is 330 g/mol. The molecule has 0 spiro atoms. The van der Waals surface area contributed by atoms with Gasteiger partial charge in [0.05, 0.1) is 6.04 Å². The predicted molar refractivity (Wildman–Crippen MR) is 103 cm³/mol. The third-order valence-electron chi connectivity index (χ3n) is 4.13. The smallest absolute Gasteiger partial charge is 0.410 e. The van der Waals surface area contributed by atoms with E-state index in [1.165, 1.54) is 15.4 Å². The molecule has 6 nitrogen and oxygen atoms in total. The zero-order chi connectivity index (χ0) is 19.3. The molecule has 2 rings (SSSR count). The summed E-state index contributed by atoms with van der Waals surface area (Å²) in [6.45, 7) is 3.97. The number of aryl methyl sites for hydroxylation is 1. The van der Waals surface area contributed by atoms with Crippen molar-refractivity contribution in [3.05, 3.63) is 59.7 Å². The molecule has 0 fully saturated rings. The van der Waals surface area contributed by atoms with Crippen molar-refractivity contribution in [3.63, 3.8) is 0 Å². The van der Waals surface area contributed by atoms with Crippen LogP contribution in [0.1, 0.15) is 24.1 Å². The number of amides is 3. The molecule has 0 aliphatic heterocycles. The van der Waals surface area contributed by atoms with E-state index in [4.69, 9.17) is 4.74 Å². The lowest BCUT2D eigenvalue weighted by atomic mass is 10.1. The first kappa shape index (κ1) is 19.3. The summed E-state index contributed by atoms with van der Waals surface area (Å²) in [6, 6.07) is 14.4. The fraction of sp³-hybridized carbons (Fsp3) is 0.300. The Morgan fingerprint density at radius 2 is 1.69 bits per heavy atom. The Hall–Kier alpha value is -3.02. The molecule has 0 aromatic heterocycles. The van der Waals surface area contributed by atoms with Crippen molar-refractivity contribution in [3.8, 4) is 5.75 Å². The van der Waals surface area contributed by atoms with E-state index in [9.17, 15) is 9.59 Å². The van der Waals surface area contributed by atoms with E-state index in [0.717, 1.165) is 5.56 Å². The second-order valence-electron chi connectivity index (χ2n) is 6.42. The molecule has 3 amide bonds. The van der Waals surface area contributed by atoms with Crippen molar-refractivity contribution in [2.24, 2.45) is 0 Å². The van der Waals surface area contributed by atoms with E-state index in [-0.39, 0.29) is 12.1 Å². The van der Waals surface area contributed by atoms with E-state index >= 15 is 0 Å². The summed E-state index contributed by atoms with van der Waals surface area (Å²) < 4.78 is 5.45. The van der Waals surface area contributed by atoms with Gasteiger partial charge in [0.15, 0.2) is 0 Å². The number of urea groups is 1. The highest BCUT2D eigenvalue weighted by Crippen LogP contribution is 2.22. The Morgan fingerprint density at radius 1 is 1.04 bits per heavy atom. The number of nitrogens with one attached hydrogen (secondary N) is 1. The molecule has 0 radical (unpaired) electrons. The number of anilines is 1. The monoisotopic (exact) mass is 355 g/mol. The molecule has 0 saturated heterocycles. The maximum atomic E-state index is 12.4. The van der Waals surface area contributed by atoms with Crippen molar-refractivity contribution >= 4 is 17.8 Å². The molecule has 0 saturated carbocycles. The van der Waals surface area contributed by atoms with Crippen LogP contribution in [0, 0.1) is 6.92 Å². The lowest BCUT2D eigenvalue weighted by Gasteiger charge is -2.24. The van der Waals surface area contributed by atoms with Crippen LogP contribution < -0.4 is 10.1 Å². The van der Waals surface area contributed by atoms with E-state index in [0.29, 0.717) is 11.4 Å². The van der Waals surface area contributed by atoms with E-state index in [1.807, 2.05) is 38.1 Å². The summed E-state index contributed by atoms with van der Waals surface area (Å²) in [6.07, 6.45) is -0.464. The Balaban J connectivity index is 2.04. The standard InChI is InChI=1S/C20H25N3O3/c1-14-9-11-16(12-10-14)15(2)23(5)20(25)26-18-8-6-7-17(13-18)21-19(24)22(3)4/h6-13,15H,1-5H3,(H,21,24). The average molecular weight is 355 g/mol. The van der Waals surface area contributed by atoms with Crippen LogP contribution in [0.5, 0.6) is 5.75 Å². The maximum Gasteiger partial charge on any atom is 0.415 e. The lowest BCUT2D eigenvalue weighted by Crippen LogP contribution is -2.32. The van der Waals surface area contributed by atoms with E-state index in [1.54, 1.807) is 45.4 Å². The largest absolute Gasteiger partial charge is 0.415 e. The molecule has 1 atom stereocenters. The minimum atomic E-state index is -0.464.